The van der Waals surface area contributed by atoms with Crippen LogP contribution in [-0.4, -0.2) is 30.4 Å². The van der Waals surface area contributed by atoms with Gasteiger partial charge in [0.25, 0.3) is 0 Å². The third-order valence-corrected chi connectivity index (χ3v) is 3.24. The second-order valence-corrected chi connectivity index (χ2v) is 5.78. The number of hydrogen-bond donors (Lipinski definition) is 1. The minimum Gasteiger partial charge on any atom is -0.489 e. The molecule has 0 heterocycles. The predicted octanol–water partition coefficient (Wildman–Crippen LogP) is 4.60. The molecule has 0 aliphatic rings. The highest BCUT2D eigenvalue weighted by molar-refractivity contribution is 6.32. The van der Waals surface area contributed by atoms with E-state index in [1.165, 1.54) is 6.07 Å². The summed E-state index contributed by atoms with van der Waals surface area (Å²) >= 11 is 5.92. The number of nitrogens with one attached hydrogen (secondary N) is 1. The lowest BCUT2D eigenvalue weighted by Crippen LogP contribution is -2.15. The number of urea groups is 1. The number of esters is 1. The molecule has 1 aromatic rings. The molecular formula is C17H22ClFN2O4. The maximum Gasteiger partial charge on any atom is 0.345 e. The molecule has 0 aromatic heterocycles. The molecule has 0 saturated heterocycles. The second-order valence-electron chi connectivity index (χ2n) is 5.37. The van der Waals surface area contributed by atoms with Crippen molar-refractivity contribution in [1.29, 1.82) is 0 Å². The van der Waals surface area contributed by atoms with Crippen LogP contribution in [0.3, 0.4) is 0 Å². The van der Waals surface area contributed by atoms with Gasteiger partial charge >= 0.3 is 12.0 Å². The van der Waals surface area contributed by atoms with Gasteiger partial charge in [-0.05, 0) is 33.3 Å². The van der Waals surface area contributed by atoms with Gasteiger partial charge in [0.1, 0.15) is 11.6 Å². The molecular weight excluding hydrogens is 351 g/mol. The van der Waals surface area contributed by atoms with E-state index in [0.29, 0.717) is 12.1 Å². The van der Waals surface area contributed by atoms with Gasteiger partial charge in [0.15, 0.2) is 0 Å². The third-order valence-electron chi connectivity index (χ3n) is 2.95. The van der Waals surface area contributed by atoms with E-state index in [4.69, 9.17) is 21.1 Å². The summed E-state index contributed by atoms with van der Waals surface area (Å²) in [6.45, 7) is 7.28. The first-order valence-electron chi connectivity index (χ1n) is 7.95. The Balaban J connectivity index is 2.91. The summed E-state index contributed by atoms with van der Waals surface area (Å²) < 4.78 is 24.3. The van der Waals surface area contributed by atoms with E-state index >= 15 is 0 Å². The number of hydrogen-bond acceptors (Lipinski definition) is 4. The summed E-state index contributed by atoms with van der Waals surface area (Å²) in [5.74, 6) is -0.936. The lowest BCUT2D eigenvalue weighted by Gasteiger charge is -2.13. The zero-order valence-electron chi connectivity index (χ0n) is 14.7. The molecule has 6 nitrogen and oxygen atoms in total. The summed E-state index contributed by atoms with van der Waals surface area (Å²) in [4.78, 5) is 27.3. The van der Waals surface area contributed by atoms with Crippen molar-refractivity contribution in [2.24, 2.45) is 4.99 Å². The van der Waals surface area contributed by atoms with E-state index in [9.17, 15) is 14.0 Å². The number of rotatable bonds is 7. The van der Waals surface area contributed by atoms with Crippen LogP contribution >= 0.6 is 11.6 Å². The standard InChI is InChI=1S/C17H22ClFN2O4/c1-5-11(7-16(22)24-6-2)20-17(23)21-14-9-15(25-10(3)4)12(18)8-13(14)19/h8-10H,5-7H2,1-4H3,(H,21,23). The molecule has 0 saturated carbocycles. The summed E-state index contributed by atoms with van der Waals surface area (Å²) in [5, 5.41) is 2.43. The quantitative estimate of drug-likeness (QED) is 0.560. The largest absolute Gasteiger partial charge is 0.489 e. The van der Waals surface area contributed by atoms with Crippen LogP contribution in [0.25, 0.3) is 0 Å². The SMILES string of the molecule is CCOC(=O)CC(CC)=NC(=O)Nc1cc(OC(C)C)c(Cl)cc1F. The van der Waals surface area contributed by atoms with Gasteiger partial charge in [-0.2, -0.15) is 0 Å². The van der Waals surface area contributed by atoms with E-state index in [1.54, 1.807) is 27.7 Å². The Kier molecular flexibility index (Phi) is 8.34. The monoisotopic (exact) mass is 372 g/mol. The number of amides is 2. The molecule has 0 radical (unpaired) electrons. The number of aliphatic imine (C=N–C) groups is 1. The van der Waals surface area contributed by atoms with Crippen LogP contribution < -0.4 is 10.1 Å². The fraction of sp³-hybridized carbons (Fsp3) is 0.471. The number of halogens is 2. The summed E-state index contributed by atoms with van der Waals surface area (Å²) in [5.41, 5.74) is 0.226. The highest BCUT2D eigenvalue weighted by atomic mass is 35.5. The maximum atomic E-state index is 14.0. The number of nitrogens with zero attached hydrogens (tertiary/aromatic N) is 1. The first kappa shape index (κ1) is 20.9. The Bertz CT molecular complexity index is 662. The molecule has 25 heavy (non-hydrogen) atoms. The molecule has 0 atom stereocenters. The van der Waals surface area contributed by atoms with Crippen LogP contribution in [0.1, 0.15) is 40.5 Å². The van der Waals surface area contributed by atoms with E-state index in [2.05, 4.69) is 10.3 Å². The fourth-order valence-electron chi connectivity index (χ4n) is 1.88. The van der Waals surface area contributed by atoms with Crippen LogP contribution in [0.5, 0.6) is 5.75 Å². The van der Waals surface area contributed by atoms with Crippen molar-refractivity contribution in [2.75, 3.05) is 11.9 Å². The fourth-order valence-corrected chi connectivity index (χ4v) is 2.07. The first-order chi connectivity index (χ1) is 11.8. The maximum absolute atomic E-state index is 14.0. The number of carbonyl (C=O) groups is 2. The molecule has 0 spiro atoms. The number of anilines is 1. The van der Waals surface area contributed by atoms with Crippen molar-refractivity contribution in [3.63, 3.8) is 0 Å². The molecule has 0 aliphatic heterocycles. The third kappa shape index (κ3) is 7.09. The van der Waals surface area contributed by atoms with Crippen molar-refractivity contribution >= 4 is 35.0 Å². The van der Waals surface area contributed by atoms with Crippen LogP contribution in [0.15, 0.2) is 17.1 Å². The Morgan fingerprint density at radius 1 is 1.32 bits per heavy atom. The number of ether oxygens (including phenoxy) is 2. The average Bonchev–Trinajstić information content (AvgIpc) is 2.51. The van der Waals surface area contributed by atoms with Gasteiger partial charge in [-0.15, -0.1) is 0 Å². The molecule has 1 aromatic carbocycles. The molecule has 8 heteroatoms. The minimum atomic E-state index is -0.794. The Morgan fingerprint density at radius 3 is 2.56 bits per heavy atom. The lowest BCUT2D eigenvalue weighted by molar-refractivity contribution is -0.141. The summed E-state index contributed by atoms with van der Waals surface area (Å²) in [7, 11) is 0. The molecule has 1 rings (SSSR count). The van der Waals surface area contributed by atoms with Crippen molar-refractivity contribution in [3.8, 4) is 5.75 Å². The molecule has 0 unspecified atom stereocenters. The first-order valence-corrected chi connectivity index (χ1v) is 8.33. The van der Waals surface area contributed by atoms with E-state index < -0.39 is 17.8 Å². The minimum absolute atomic E-state index is 0.0947. The van der Waals surface area contributed by atoms with Crippen molar-refractivity contribution in [3.05, 3.63) is 23.0 Å². The summed E-state index contributed by atoms with van der Waals surface area (Å²) in [6.07, 6.45) is 0.125. The normalized spacial score (nSPS) is 11.4. The zero-order chi connectivity index (χ0) is 19.0. The van der Waals surface area contributed by atoms with Crippen LogP contribution in [0, 0.1) is 5.82 Å². The molecule has 138 valence electrons. The van der Waals surface area contributed by atoms with Gasteiger partial charge in [-0.25, -0.2) is 14.2 Å². The van der Waals surface area contributed by atoms with E-state index in [0.717, 1.165) is 6.07 Å². The molecule has 1 N–H and O–H groups in total. The number of carbonyl (C=O) groups excluding carboxylic acids is 2. The van der Waals surface area contributed by atoms with Crippen molar-refractivity contribution < 1.29 is 23.5 Å². The van der Waals surface area contributed by atoms with Gasteiger partial charge < -0.3 is 14.8 Å². The highest BCUT2D eigenvalue weighted by Gasteiger charge is 2.14. The lowest BCUT2D eigenvalue weighted by atomic mass is 10.2. The van der Waals surface area contributed by atoms with Gasteiger partial charge in [-0.3, -0.25) is 4.79 Å². The summed E-state index contributed by atoms with van der Waals surface area (Å²) in [6, 6.07) is 1.55. The van der Waals surface area contributed by atoms with Gasteiger partial charge in [-0.1, -0.05) is 18.5 Å². The van der Waals surface area contributed by atoms with Crippen LogP contribution in [0.2, 0.25) is 5.02 Å². The van der Waals surface area contributed by atoms with Crippen molar-refractivity contribution in [1.82, 2.24) is 0 Å². The van der Waals surface area contributed by atoms with Gasteiger partial charge in [0.2, 0.25) is 0 Å². The molecule has 2 amide bonds. The Morgan fingerprint density at radius 2 is 2.00 bits per heavy atom. The van der Waals surface area contributed by atoms with E-state index in [-0.39, 0.29) is 35.6 Å². The van der Waals surface area contributed by atoms with Crippen LogP contribution in [0.4, 0.5) is 14.9 Å². The number of benzene rings is 1. The van der Waals surface area contributed by atoms with E-state index in [1.807, 2.05) is 0 Å². The average molecular weight is 373 g/mol. The van der Waals surface area contributed by atoms with Crippen LogP contribution in [-0.2, 0) is 9.53 Å². The van der Waals surface area contributed by atoms with Crippen molar-refractivity contribution in [2.45, 2.75) is 46.6 Å². The molecule has 0 fully saturated rings. The highest BCUT2D eigenvalue weighted by Crippen LogP contribution is 2.31. The Labute approximate surface area is 151 Å². The second kappa shape index (κ2) is 9.98. The molecule has 0 aliphatic carbocycles. The zero-order valence-corrected chi connectivity index (χ0v) is 15.4. The Hall–Kier alpha value is -2.15. The molecule has 0 bridgehead atoms. The van der Waals surface area contributed by atoms with Gasteiger partial charge in [0.05, 0.1) is 29.8 Å². The smallest absolute Gasteiger partial charge is 0.345 e. The topological polar surface area (TPSA) is 77.0 Å². The van der Waals surface area contributed by atoms with Gasteiger partial charge in [0, 0.05) is 11.8 Å². The predicted molar refractivity (Wildman–Crippen MR) is 95.2 cm³/mol.